The van der Waals surface area contributed by atoms with Gasteiger partial charge < -0.3 is 15.8 Å². The van der Waals surface area contributed by atoms with E-state index in [0.717, 1.165) is 12.0 Å². The monoisotopic (exact) mass is 240 g/mol. The summed E-state index contributed by atoms with van der Waals surface area (Å²) in [5.74, 6) is -0.762. The normalized spacial score (nSPS) is 20.7. The highest BCUT2D eigenvalue weighted by Crippen LogP contribution is 2.12. The largest absolute Gasteiger partial charge is 0.368 e. The van der Waals surface area contributed by atoms with Crippen LogP contribution in [0.2, 0.25) is 0 Å². The van der Waals surface area contributed by atoms with Crippen molar-refractivity contribution in [1.29, 1.82) is 0 Å². The van der Waals surface area contributed by atoms with E-state index in [1.54, 1.807) is 0 Å². The van der Waals surface area contributed by atoms with E-state index in [1.165, 1.54) is 0 Å². The van der Waals surface area contributed by atoms with Gasteiger partial charge in [-0.1, -0.05) is 11.6 Å². The van der Waals surface area contributed by atoms with Gasteiger partial charge in [-0.2, -0.15) is 0 Å². The van der Waals surface area contributed by atoms with Gasteiger partial charge >= 0.3 is 0 Å². The summed E-state index contributed by atoms with van der Waals surface area (Å²) in [5.41, 5.74) is 6.33. The Labute approximate surface area is 101 Å². The molecule has 5 heteroatoms. The highest BCUT2D eigenvalue weighted by Gasteiger charge is 2.26. The van der Waals surface area contributed by atoms with Gasteiger partial charge in [0, 0.05) is 6.61 Å². The number of carbonyl (C=O) groups is 2. The van der Waals surface area contributed by atoms with Crippen molar-refractivity contribution < 1.29 is 14.3 Å². The zero-order chi connectivity index (χ0) is 12.8. The molecular weight excluding hydrogens is 220 g/mol. The minimum absolute atomic E-state index is 0.242. The third-order valence-corrected chi connectivity index (χ3v) is 2.64. The van der Waals surface area contributed by atoms with Crippen LogP contribution in [0.15, 0.2) is 11.6 Å². The average molecular weight is 240 g/mol. The van der Waals surface area contributed by atoms with Crippen LogP contribution in [0.5, 0.6) is 0 Å². The Hall–Kier alpha value is -1.36. The summed E-state index contributed by atoms with van der Waals surface area (Å²) in [4.78, 5) is 22.9. The van der Waals surface area contributed by atoms with Gasteiger partial charge in [-0.15, -0.1) is 0 Å². The molecule has 0 bridgehead atoms. The fourth-order valence-corrected chi connectivity index (χ4v) is 1.65. The quantitative estimate of drug-likeness (QED) is 0.686. The molecule has 1 heterocycles. The number of nitrogens with two attached hydrogens (primary N) is 1. The molecule has 0 saturated carbocycles. The zero-order valence-electron chi connectivity index (χ0n) is 10.4. The van der Waals surface area contributed by atoms with Crippen molar-refractivity contribution in [3.63, 3.8) is 0 Å². The second-order valence-corrected chi connectivity index (χ2v) is 4.48. The number of allylic oxidation sites excluding steroid dienone is 1. The smallest absolute Gasteiger partial charge is 0.249 e. The number of hydrogen-bond donors (Lipinski definition) is 2. The maximum absolute atomic E-state index is 11.7. The Bertz CT molecular complexity index is 316. The van der Waals surface area contributed by atoms with Gasteiger partial charge in [-0.05, 0) is 33.1 Å². The minimum Gasteiger partial charge on any atom is -0.368 e. The number of carbonyl (C=O) groups excluding carboxylic acids is 2. The van der Waals surface area contributed by atoms with E-state index < -0.39 is 18.1 Å². The van der Waals surface area contributed by atoms with E-state index in [1.807, 2.05) is 19.9 Å². The molecule has 0 aliphatic carbocycles. The molecule has 2 atom stereocenters. The Morgan fingerprint density at radius 3 is 2.71 bits per heavy atom. The molecule has 5 nitrogen and oxygen atoms in total. The van der Waals surface area contributed by atoms with Crippen molar-refractivity contribution in [2.24, 2.45) is 5.73 Å². The molecule has 0 aromatic heterocycles. The topological polar surface area (TPSA) is 81.4 Å². The Kier molecular flexibility index (Phi) is 5.15. The van der Waals surface area contributed by atoms with Crippen LogP contribution in [0.25, 0.3) is 0 Å². The molecule has 3 N–H and O–H groups in total. The predicted molar refractivity (Wildman–Crippen MR) is 64.1 cm³/mol. The predicted octanol–water partition coefficient (Wildman–Crippen LogP) is 0.492. The van der Waals surface area contributed by atoms with Crippen LogP contribution in [0.3, 0.4) is 0 Å². The number of nitrogens with one attached hydrogen (secondary N) is 1. The van der Waals surface area contributed by atoms with Gasteiger partial charge in [0.25, 0.3) is 0 Å². The standard InChI is InChI=1S/C12H20N2O3/c1-8(2)5-6-9(11(13)15)14-12(16)10-4-3-7-17-10/h5,9-10H,3-4,6-7H2,1-2H3,(H2,13,15)(H,14,16)/t9-,10+/m0/s1. The number of ether oxygens (including phenoxy) is 1. The zero-order valence-corrected chi connectivity index (χ0v) is 10.4. The Balaban J connectivity index is 2.51. The molecule has 1 aliphatic rings. The van der Waals surface area contributed by atoms with Crippen molar-refractivity contribution in [1.82, 2.24) is 5.32 Å². The summed E-state index contributed by atoms with van der Waals surface area (Å²) in [6.07, 6.45) is 3.47. The summed E-state index contributed by atoms with van der Waals surface area (Å²) in [7, 11) is 0. The van der Waals surface area contributed by atoms with Crippen LogP contribution < -0.4 is 11.1 Å². The van der Waals surface area contributed by atoms with E-state index in [4.69, 9.17) is 10.5 Å². The molecule has 2 amide bonds. The summed E-state index contributed by atoms with van der Waals surface area (Å²) in [6, 6.07) is -0.651. The molecule has 0 radical (unpaired) electrons. The second-order valence-electron chi connectivity index (χ2n) is 4.48. The van der Waals surface area contributed by atoms with Crippen LogP contribution in [0, 0.1) is 0 Å². The minimum atomic E-state index is -0.651. The molecular formula is C12H20N2O3. The molecule has 17 heavy (non-hydrogen) atoms. The molecule has 1 rings (SSSR count). The first kappa shape index (κ1) is 13.7. The lowest BCUT2D eigenvalue weighted by molar-refractivity contribution is -0.133. The first-order valence-corrected chi connectivity index (χ1v) is 5.85. The van der Waals surface area contributed by atoms with Crippen LogP contribution in [0.1, 0.15) is 33.1 Å². The van der Waals surface area contributed by atoms with Crippen LogP contribution >= 0.6 is 0 Å². The summed E-state index contributed by atoms with van der Waals surface area (Å²) < 4.78 is 5.24. The second kappa shape index (κ2) is 6.39. The first-order valence-electron chi connectivity index (χ1n) is 5.85. The fraction of sp³-hybridized carbons (Fsp3) is 0.667. The van der Waals surface area contributed by atoms with Gasteiger partial charge in [-0.3, -0.25) is 9.59 Å². The fourth-order valence-electron chi connectivity index (χ4n) is 1.65. The van der Waals surface area contributed by atoms with E-state index in [9.17, 15) is 9.59 Å². The van der Waals surface area contributed by atoms with Gasteiger partial charge in [0.15, 0.2) is 0 Å². The molecule has 96 valence electrons. The molecule has 1 fully saturated rings. The molecule has 1 saturated heterocycles. The average Bonchev–Trinajstić information content (AvgIpc) is 2.76. The number of amides is 2. The van der Waals surface area contributed by atoms with Crippen LogP contribution in [-0.4, -0.2) is 30.6 Å². The highest BCUT2D eigenvalue weighted by atomic mass is 16.5. The van der Waals surface area contributed by atoms with Gasteiger partial charge in [-0.25, -0.2) is 0 Å². The summed E-state index contributed by atoms with van der Waals surface area (Å²) in [5, 5.41) is 2.63. The molecule has 0 spiro atoms. The molecule has 1 aliphatic heterocycles. The van der Waals surface area contributed by atoms with E-state index in [2.05, 4.69) is 5.32 Å². The lowest BCUT2D eigenvalue weighted by atomic mass is 10.1. The number of primary amides is 1. The maximum atomic E-state index is 11.7. The summed E-state index contributed by atoms with van der Waals surface area (Å²) in [6.45, 7) is 4.47. The number of rotatable bonds is 5. The number of hydrogen-bond acceptors (Lipinski definition) is 3. The van der Waals surface area contributed by atoms with E-state index in [0.29, 0.717) is 19.4 Å². The first-order chi connectivity index (χ1) is 8.00. The van der Waals surface area contributed by atoms with E-state index in [-0.39, 0.29) is 5.91 Å². The molecule has 0 unspecified atom stereocenters. The molecule has 0 aromatic carbocycles. The third-order valence-electron chi connectivity index (χ3n) is 2.64. The third kappa shape index (κ3) is 4.56. The van der Waals surface area contributed by atoms with Crippen molar-refractivity contribution in [2.45, 2.75) is 45.3 Å². The van der Waals surface area contributed by atoms with Gasteiger partial charge in [0.2, 0.25) is 11.8 Å². The highest BCUT2D eigenvalue weighted by molar-refractivity contribution is 5.88. The van der Waals surface area contributed by atoms with Crippen LogP contribution in [-0.2, 0) is 14.3 Å². The summed E-state index contributed by atoms with van der Waals surface area (Å²) >= 11 is 0. The Morgan fingerprint density at radius 1 is 1.53 bits per heavy atom. The molecule has 0 aromatic rings. The van der Waals surface area contributed by atoms with Crippen molar-refractivity contribution >= 4 is 11.8 Å². The van der Waals surface area contributed by atoms with Gasteiger partial charge in [0.1, 0.15) is 12.1 Å². The Morgan fingerprint density at radius 2 is 2.24 bits per heavy atom. The van der Waals surface area contributed by atoms with E-state index >= 15 is 0 Å². The lowest BCUT2D eigenvalue weighted by Gasteiger charge is -2.16. The lowest BCUT2D eigenvalue weighted by Crippen LogP contribution is -2.47. The SMILES string of the molecule is CC(C)=CC[C@H](NC(=O)[C@H]1CCCO1)C(N)=O. The van der Waals surface area contributed by atoms with Crippen molar-refractivity contribution in [3.8, 4) is 0 Å². The maximum Gasteiger partial charge on any atom is 0.249 e. The van der Waals surface area contributed by atoms with Crippen molar-refractivity contribution in [3.05, 3.63) is 11.6 Å². The van der Waals surface area contributed by atoms with Crippen LogP contribution in [0.4, 0.5) is 0 Å². The van der Waals surface area contributed by atoms with Crippen molar-refractivity contribution in [2.75, 3.05) is 6.61 Å². The van der Waals surface area contributed by atoms with Gasteiger partial charge in [0.05, 0.1) is 0 Å².